The number of anilines is 1. The third-order valence-electron chi connectivity index (χ3n) is 4.97. The molecule has 0 radical (unpaired) electrons. The van der Waals surface area contributed by atoms with Gasteiger partial charge in [-0.15, -0.1) is 0 Å². The number of amides is 1. The van der Waals surface area contributed by atoms with E-state index in [1.54, 1.807) is 39.0 Å². The van der Waals surface area contributed by atoms with Crippen molar-refractivity contribution in [2.75, 3.05) is 25.0 Å². The van der Waals surface area contributed by atoms with Crippen molar-refractivity contribution >= 4 is 27.6 Å². The smallest absolute Gasteiger partial charge is 0.338 e. The Morgan fingerprint density at radius 1 is 1.03 bits per heavy atom. The first-order valence-corrected chi connectivity index (χ1v) is 11.7. The number of sulfonamides is 1. The largest absolute Gasteiger partial charge is 0.452 e. The van der Waals surface area contributed by atoms with Gasteiger partial charge in [0.1, 0.15) is 0 Å². The van der Waals surface area contributed by atoms with Crippen molar-refractivity contribution in [2.45, 2.75) is 45.4 Å². The minimum atomic E-state index is -3.65. The number of hydrogen-bond acceptors (Lipinski definition) is 5. The average molecular weight is 447 g/mol. The van der Waals surface area contributed by atoms with Crippen LogP contribution in [0.5, 0.6) is 0 Å². The Balaban J connectivity index is 2.06. The van der Waals surface area contributed by atoms with Gasteiger partial charge in [-0.3, -0.25) is 4.79 Å². The highest BCUT2D eigenvalue weighted by Crippen LogP contribution is 2.23. The maximum absolute atomic E-state index is 12.7. The molecule has 2 aromatic rings. The number of hydrogen-bond donors (Lipinski definition) is 1. The summed E-state index contributed by atoms with van der Waals surface area (Å²) in [5.41, 5.74) is 2.52. The third-order valence-corrected chi connectivity index (χ3v) is 7.02. The minimum Gasteiger partial charge on any atom is -0.452 e. The highest BCUT2D eigenvalue weighted by Gasteiger charge is 2.22. The molecule has 0 atom stereocenters. The summed E-state index contributed by atoms with van der Waals surface area (Å²) in [7, 11) is -3.65. The third kappa shape index (κ3) is 6.15. The highest BCUT2D eigenvalue weighted by molar-refractivity contribution is 7.89. The van der Waals surface area contributed by atoms with E-state index in [0.29, 0.717) is 35.8 Å². The predicted molar refractivity (Wildman–Crippen MR) is 121 cm³/mol. The Bertz CT molecular complexity index is 1030. The molecule has 0 aliphatic carbocycles. The van der Waals surface area contributed by atoms with E-state index in [1.807, 2.05) is 12.1 Å². The van der Waals surface area contributed by atoms with E-state index in [-0.39, 0.29) is 4.90 Å². The molecule has 0 aliphatic heterocycles. The van der Waals surface area contributed by atoms with Gasteiger partial charge in [-0.05, 0) is 48.2 Å². The maximum atomic E-state index is 12.7. The second-order valence-electron chi connectivity index (χ2n) is 7.47. The lowest BCUT2D eigenvalue weighted by atomic mass is 10.0. The molecule has 168 valence electrons. The Morgan fingerprint density at radius 3 is 2.19 bits per heavy atom. The van der Waals surface area contributed by atoms with E-state index in [1.165, 1.54) is 16.4 Å². The average Bonchev–Trinajstić information content (AvgIpc) is 2.74. The van der Waals surface area contributed by atoms with Gasteiger partial charge in [-0.25, -0.2) is 13.2 Å². The monoisotopic (exact) mass is 446 g/mol. The van der Waals surface area contributed by atoms with Gasteiger partial charge in [0.25, 0.3) is 5.91 Å². The molecule has 0 fully saturated rings. The second-order valence-corrected chi connectivity index (χ2v) is 9.41. The van der Waals surface area contributed by atoms with E-state index in [4.69, 9.17) is 4.74 Å². The lowest BCUT2D eigenvalue weighted by Crippen LogP contribution is -2.30. The van der Waals surface area contributed by atoms with Crippen molar-refractivity contribution < 1.29 is 22.7 Å². The summed E-state index contributed by atoms with van der Waals surface area (Å²) in [6.07, 6.45) is 0. The Kier molecular flexibility index (Phi) is 8.36. The van der Waals surface area contributed by atoms with Gasteiger partial charge < -0.3 is 10.1 Å². The van der Waals surface area contributed by atoms with Crippen LogP contribution in [0.25, 0.3) is 0 Å². The van der Waals surface area contributed by atoms with Gasteiger partial charge in [-0.2, -0.15) is 4.31 Å². The molecule has 0 aliphatic rings. The number of nitrogens with zero attached hydrogens (tertiary/aromatic N) is 1. The molecule has 0 aromatic heterocycles. The minimum absolute atomic E-state index is 0.0966. The normalized spacial score (nSPS) is 11.6. The number of nitrogens with one attached hydrogen (secondary N) is 1. The molecule has 31 heavy (non-hydrogen) atoms. The van der Waals surface area contributed by atoms with Crippen LogP contribution in [0.4, 0.5) is 5.69 Å². The van der Waals surface area contributed by atoms with Crippen molar-refractivity contribution in [3.63, 3.8) is 0 Å². The summed E-state index contributed by atoms with van der Waals surface area (Å²) < 4.78 is 31.9. The van der Waals surface area contributed by atoms with Crippen LogP contribution >= 0.6 is 0 Å². The molecule has 2 aromatic carbocycles. The van der Waals surface area contributed by atoms with Crippen molar-refractivity contribution in [2.24, 2.45) is 0 Å². The number of carbonyl (C=O) groups excluding carboxylic acids is 2. The Morgan fingerprint density at radius 2 is 1.65 bits per heavy atom. The first kappa shape index (κ1) is 24.6. The van der Waals surface area contributed by atoms with Crippen LogP contribution in [0.3, 0.4) is 0 Å². The van der Waals surface area contributed by atoms with Crippen LogP contribution in [0.1, 0.15) is 55.1 Å². The van der Waals surface area contributed by atoms with Gasteiger partial charge >= 0.3 is 5.97 Å². The molecular weight excluding hydrogens is 416 g/mol. The fourth-order valence-electron chi connectivity index (χ4n) is 3.01. The molecule has 0 unspecified atom stereocenters. The number of benzene rings is 2. The fourth-order valence-corrected chi connectivity index (χ4v) is 4.50. The van der Waals surface area contributed by atoms with E-state index in [0.717, 1.165) is 5.56 Å². The maximum Gasteiger partial charge on any atom is 0.338 e. The van der Waals surface area contributed by atoms with Crippen molar-refractivity contribution in [3.8, 4) is 0 Å². The summed E-state index contributed by atoms with van der Waals surface area (Å²) in [5.74, 6) is -0.798. The molecule has 8 heteroatoms. The molecule has 0 spiro atoms. The number of esters is 1. The number of ether oxygens (including phenoxy) is 1. The topological polar surface area (TPSA) is 92.8 Å². The number of carbonyl (C=O) groups is 2. The summed E-state index contributed by atoms with van der Waals surface area (Å²) in [5, 5.41) is 2.63. The molecule has 0 saturated carbocycles. The van der Waals surface area contributed by atoms with Crippen LogP contribution in [0.2, 0.25) is 0 Å². The Hall–Kier alpha value is -2.71. The van der Waals surface area contributed by atoms with Crippen LogP contribution in [0, 0.1) is 6.92 Å². The van der Waals surface area contributed by atoms with Crippen LogP contribution < -0.4 is 5.32 Å². The Labute approximate surface area is 184 Å². The summed E-state index contributed by atoms with van der Waals surface area (Å²) >= 11 is 0. The van der Waals surface area contributed by atoms with Gasteiger partial charge in [0.15, 0.2) is 6.61 Å². The molecular formula is C23H30N2O5S. The van der Waals surface area contributed by atoms with Gasteiger partial charge in [0.2, 0.25) is 10.0 Å². The van der Waals surface area contributed by atoms with E-state index >= 15 is 0 Å². The predicted octanol–water partition coefficient (Wildman–Crippen LogP) is 3.94. The van der Waals surface area contributed by atoms with Crippen LogP contribution in [0.15, 0.2) is 47.4 Å². The molecule has 2 rings (SSSR count). The van der Waals surface area contributed by atoms with Crippen LogP contribution in [-0.4, -0.2) is 44.3 Å². The quantitative estimate of drug-likeness (QED) is 0.589. The zero-order valence-electron chi connectivity index (χ0n) is 18.6. The van der Waals surface area contributed by atoms with Crippen molar-refractivity contribution in [1.82, 2.24) is 4.31 Å². The number of rotatable bonds is 9. The second kappa shape index (κ2) is 10.5. The van der Waals surface area contributed by atoms with Crippen molar-refractivity contribution in [3.05, 3.63) is 59.2 Å². The molecule has 0 heterocycles. The van der Waals surface area contributed by atoms with E-state index in [9.17, 15) is 18.0 Å². The summed E-state index contributed by atoms with van der Waals surface area (Å²) in [6, 6.07) is 11.6. The standard InChI is InChI=1S/C23H30N2O5S/c1-6-25(7-2)31(28,29)20-13-8-17(5)21(14-20)24-22(26)15-30-23(27)19-11-9-18(10-12-19)16(3)4/h8-14,16H,6-7,15H2,1-5H3,(H,24,26). The molecule has 0 bridgehead atoms. The van der Waals surface area contributed by atoms with Crippen molar-refractivity contribution in [1.29, 1.82) is 0 Å². The molecule has 7 nitrogen and oxygen atoms in total. The van der Waals surface area contributed by atoms with Gasteiger partial charge in [-0.1, -0.05) is 45.9 Å². The van der Waals surface area contributed by atoms with Crippen LogP contribution in [-0.2, 0) is 19.6 Å². The fraction of sp³-hybridized carbons (Fsp3) is 0.391. The van der Waals surface area contributed by atoms with E-state index in [2.05, 4.69) is 19.2 Å². The molecule has 0 saturated heterocycles. The first-order chi connectivity index (χ1) is 14.6. The summed E-state index contributed by atoms with van der Waals surface area (Å²) in [4.78, 5) is 24.6. The highest BCUT2D eigenvalue weighted by atomic mass is 32.2. The zero-order valence-corrected chi connectivity index (χ0v) is 19.5. The van der Waals surface area contributed by atoms with E-state index < -0.39 is 28.5 Å². The summed E-state index contributed by atoms with van der Waals surface area (Å²) in [6.45, 7) is 9.63. The lowest BCUT2D eigenvalue weighted by molar-refractivity contribution is -0.119. The van der Waals surface area contributed by atoms with Gasteiger partial charge in [0, 0.05) is 18.8 Å². The molecule has 1 N–H and O–H groups in total. The zero-order chi connectivity index (χ0) is 23.2. The first-order valence-electron chi connectivity index (χ1n) is 10.3. The SMILES string of the molecule is CCN(CC)S(=O)(=O)c1ccc(C)c(NC(=O)COC(=O)c2ccc(C(C)C)cc2)c1. The van der Waals surface area contributed by atoms with Gasteiger partial charge in [0.05, 0.1) is 10.5 Å². The number of aryl methyl sites for hydroxylation is 1. The lowest BCUT2D eigenvalue weighted by Gasteiger charge is -2.19. The molecule has 1 amide bonds.